The molecule has 144 valence electrons. The second-order valence-corrected chi connectivity index (χ2v) is 7.97. The molecule has 0 spiro atoms. The Morgan fingerprint density at radius 2 is 1.43 bits per heavy atom. The molecular weight excluding hydrogens is 372 g/mol. The van der Waals surface area contributed by atoms with Crippen LogP contribution in [-0.4, -0.2) is 17.1 Å². The highest BCUT2D eigenvalue weighted by Crippen LogP contribution is 2.33. The Hall–Kier alpha value is -2.73. The minimum atomic E-state index is -0.205. The van der Waals surface area contributed by atoms with Gasteiger partial charge in [-0.3, -0.25) is 14.3 Å². The van der Waals surface area contributed by atoms with Crippen LogP contribution in [0.25, 0.3) is 0 Å². The first-order valence-corrected chi connectivity index (χ1v) is 10.2. The van der Waals surface area contributed by atoms with Gasteiger partial charge < -0.3 is 9.50 Å². The Balaban J connectivity index is 1.63. The van der Waals surface area contributed by atoms with Crippen LogP contribution in [0.1, 0.15) is 53.3 Å². The highest BCUT2D eigenvalue weighted by atomic mass is 32.2. The van der Waals surface area contributed by atoms with Crippen molar-refractivity contribution in [2.45, 2.75) is 38.1 Å². The molecule has 0 atom stereocenters. The van der Waals surface area contributed by atoms with Gasteiger partial charge in [-0.05, 0) is 31.9 Å². The summed E-state index contributed by atoms with van der Waals surface area (Å²) < 4.78 is 8.58. The summed E-state index contributed by atoms with van der Waals surface area (Å²) in [7, 11) is 0. The Kier molecular flexibility index (Phi) is 5.13. The number of benzene rings is 2. The maximum absolute atomic E-state index is 13.2. The number of fused-ring (bicyclic) bond motifs is 1. The van der Waals surface area contributed by atoms with Gasteiger partial charge in [-0.1, -0.05) is 55.3 Å². The number of hydrogen-bond donors (Lipinski definition) is 2. The molecule has 0 aromatic heterocycles. The fourth-order valence-electron chi connectivity index (χ4n) is 3.76. The summed E-state index contributed by atoms with van der Waals surface area (Å²) in [4.78, 5) is 26.3. The summed E-state index contributed by atoms with van der Waals surface area (Å²) in [6.07, 6.45) is 4.18. The van der Waals surface area contributed by atoms with Crippen LogP contribution in [0.4, 0.5) is 0 Å². The van der Waals surface area contributed by atoms with Gasteiger partial charge in [-0.2, -0.15) is 0 Å². The van der Waals surface area contributed by atoms with Crippen LogP contribution in [0.5, 0.6) is 5.75 Å². The zero-order valence-electron chi connectivity index (χ0n) is 15.7. The zero-order chi connectivity index (χ0) is 19.6. The molecule has 6 heteroatoms. The van der Waals surface area contributed by atoms with Gasteiger partial charge in [0, 0.05) is 16.7 Å². The van der Waals surface area contributed by atoms with Crippen molar-refractivity contribution < 1.29 is 13.8 Å². The second-order valence-electron chi connectivity index (χ2n) is 7.43. The number of para-hydroxylation sites is 1. The van der Waals surface area contributed by atoms with Gasteiger partial charge in [0.15, 0.2) is 12.2 Å². The number of hydrogen-bond acceptors (Lipinski definition) is 6. The normalized spacial score (nSPS) is 18.0. The van der Waals surface area contributed by atoms with Gasteiger partial charge in [0.05, 0.1) is 0 Å². The summed E-state index contributed by atoms with van der Waals surface area (Å²) in [5, 5.41) is 3.39. The summed E-state index contributed by atoms with van der Waals surface area (Å²) in [5.41, 5.74) is 1.25. The molecule has 2 N–H and O–H groups in total. The minimum absolute atomic E-state index is 0.161. The number of carbonyl (C=O) groups is 2. The topological polar surface area (TPSA) is 67.4 Å². The lowest BCUT2D eigenvalue weighted by Crippen LogP contribution is -2.45. The molecule has 0 bridgehead atoms. The molecule has 28 heavy (non-hydrogen) atoms. The Morgan fingerprint density at radius 3 is 2.07 bits per heavy atom. The maximum Gasteiger partial charge on any atom is 0.212 e. The lowest BCUT2D eigenvalue weighted by atomic mass is 9.89. The average Bonchev–Trinajstić information content (AvgIpc) is 3.15. The van der Waals surface area contributed by atoms with E-state index in [1.165, 1.54) is 0 Å². The number of Topliss-reactive ketones (excluding diaryl/α,β-unsaturated/α-hetero) is 2. The van der Waals surface area contributed by atoms with E-state index in [9.17, 15) is 9.59 Å². The Morgan fingerprint density at radius 1 is 0.857 bits per heavy atom. The van der Waals surface area contributed by atoms with Gasteiger partial charge >= 0.3 is 0 Å². The molecule has 5 nitrogen and oxygen atoms in total. The van der Waals surface area contributed by atoms with Crippen LogP contribution < -0.4 is 14.2 Å². The van der Waals surface area contributed by atoms with Crippen molar-refractivity contribution >= 4 is 23.8 Å². The number of nitrogens with one attached hydrogen (secondary N) is 2. The molecule has 1 fully saturated rings. The van der Waals surface area contributed by atoms with Gasteiger partial charge in [0.25, 0.3) is 0 Å². The fraction of sp³-hybridized carbons (Fsp3) is 0.273. The van der Waals surface area contributed by atoms with Crippen molar-refractivity contribution in [2.24, 2.45) is 0 Å². The van der Waals surface area contributed by atoms with E-state index in [0.717, 1.165) is 37.9 Å². The van der Waals surface area contributed by atoms with E-state index in [-0.39, 0.29) is 22.8 Å². The highest BCUT2D eigenvalue weighted by molar-refractivity contribution is 7.93. The third-order valence-corrected chi connectivity index (χ3v) is 5.84. The van der Waals surface area contributed by atoms with Crippen LogP contribution in [-0.2, 0) is 0 Å². The highest BCUT2D eigenvalue weighted by Gasteiger charge is 2.37. The lowest BCUT2D eigenvalue weighted by Gasteiger charge is -2.31. The van der Waals surface area contributed by atoms with Crippen LogP contribution in [0, 0.1) is 0 Å². The first-order valence-electron chi connectivity index (χ1n) is 9.43. The van der Waals surface area contributed by atoms with Crippen molar-refractivity contribution in [1.82, 2.24) is 10.0 Å². The van der Waals surface area contributed by atoms with Crippen LogP contribution in [0.15, 0.2) is 66.0 Å². The van der Waals surface area contributed by atoms with Crippen molar-refractivity contribution in [3.8, 4) is 5.75 Å². The van der Waals surface area contributed by atoms with E-state index in [2.05, 4.69) is 17.0 Å². The number of ketones is 2. The molecule has 0 amide bonds. The number of rotatable bonds is 6. The predicted molar refractivity (Wildman–Crippen MR) is 110 cm³/mol. The second kappa shape index (κ2) is 7.72. The molecular formula is C22H22N2O3S. The van der Waals surface area contributed by atoms with Crippen LogP contribution in [0.2, 0.25) is 0 Å². The van der Waals surface area contributed by atoms with Crippen molar-refractivity contribution in [1.29, 1.82) is 0 Å². The largest absolute Gasteiger partial charge is 0.405 e. The number of allylic oxidation sites excluding steroid dienone is 2. The van der Waals surface area contributed by atoms with Crippen molar-refractivity contribution in [3.63, 3.8) is 0 Å². The smallest absolute Gasteiger partial charge is 0.212 e. The van der Waals surface area contributed by atoms with Gasteiger partial charge in [0.2, 0.25) is 11.6 Å². The maximum atomic E-state index is 13.2. The molecule has 0 aliphatic heterocycles. The van der Waals surface area contributed by atoms with E-state index in [1.807, 2.05) is 30.3 Å². The van der Waals surface area contributed by atoms with Gasteiger partial charge in [-0.15, -0.1) is 0 Å². The van der Waals surface area contributed by atoms with Crippen molar-refractivity contribution in [2.75, 3.05) is 0 Å². The monoisotopic (exact) mass is 394 g/mol. The number of carbonyl (C=O) groups excluding carboxylic acids is 2. The van der Waals surface area contributed by atoms with E-state index >= 15 is 0 Å². The molecule has 1 saturated carbocycles. The van der Waals surface area contributed by atoms with E-state index < -0.39 is 0 Å². The minimum Gasteiger partial charge on any atom is -0.405 e. The van der Waals surface area contributed by atoms with Gasteiger partial charge in [-0.25, -0.2) is 0 Å². The molecule has 0 unspecified atom stereocenters. The first kappa shape index (κ1) is 18.6. The quantitative estimate of drug-likeness (QED) is 0.558. The average molecular weight is 394 g/mol. The third-order valence-electron chi connectivity index (χ3n) is 5.28. The Labute approximate surface area is 168 Å². The molecule has 2 aliphatic carbocycles. The summed E-state index contributed by atoms with van der Waals surface area (Å²) in [5.74, 6) is 0.294. The SMILES string of the molecule is CC1(NC2=C(NSOc3ccccc3)C(=O)c3ccccc3C2=O)CCCC1. The van der Waals surface area contributed by atoms with E-state index in [4.69, 9.17) is 4.18 Å². The fourth-order valence-corrected chi connectivity index (χ4v) is 4.29. The van der Waals surface area contributed by atoms with E-state index in [1.54, 1.807) is 24.3 Å². The molecule has 2 aliphatic rings. The predicted octanol–water partition coefficient (Wildman–Crippen LogP) is 4.43. The van der Waals surface area contributed by atoms with Crippen LogP contribution >= 0.6 is 12.2 Å². The summed E-state index contributed by atoms with van der Waals surface area (Å²) >= 11 is 0.933. The molecule has 2 aromatic rings. The summed E-state index contributed by atoms with van der Waals surface area (Å²) in [6.45, 7) is 2.11. The summed E-state index contributed by atoms with van der Waals surface area (Å²) in [6, 6.07) is 16.2. The van der Waals surface area contributed by atoms with Crippen LogP contribution in [0.3, 0.4) is 0 Å². The lowest BCUT2D eigenvalue weighted by molar-refractivity contribution is 0.0960. The van der Waals surface area contributed by atoms with E-state index in [0.29, 0.717) is 22.6 Å². The molecule has 2 aromatic carbocycles. The molecule has 4 rings (SSSR count). The van der Waals surface area contributed by atoms with Crippen molar-refractivity contribution in [3.05, 3.63) is 77.1 Å². The third kappa shape index (κ3) is 3.64. The molecule has 0 saturated heterocycles. The standard InChI is InChI=1S/C22H22N2O3S/c1-22(13-7-8-14-22)23-18-19(24-28-27-15-9-3-2-4-10-15)21(26)17-12-6-5-11-16(17)20(18)25/h2-6,9-12,23-24H,7-8,13-14H2,1H3. The Bertz CT molecular complexity index is 934. The molecule has 0 radical (unpaired) electrons. The first-order chi connectivity index (χ1) is 13.6. The molecule has 0 heterocycles. The zero-order valence-corrected chi connectivity index (χ0v) is 16.5. The van der Waals surface area contributed by atoms with Gasteiger partial charge in [0.1, 0.15) is 17.1 Å².